The molecule has 1 aromatic heterocycles. The molecule has 0 aliphatic carbocycles. The van der Waals surface area contributed by atoms with Gasteiger partial charge in [-0.3, -0.25) is 0 Å². The van der Waals surface area contributed by atoms with Gasteiger partial charge in [-0.2, -0.15) is 0 Å². The molecule has 1 aromatic carbocycles. The van der Waals surface area contributed by atoms with Crippen LogP contribution in [-0.2, 0) is 0 Å². The van der Waals surface area contributed by atoms with Crippen LogP contribution in [0.2, 0.25) is 0 Å². The summed E-state index contributed by atoms with van der Waals surface area (Å²) in [6.07, 6.45) is 1.41. The summed E-state index contributed by atoms with van der Waals surface area (Å²) in [6, 6.07) is 4.91. The number of nitrogens with one attached hydrogen (secondary N) is 1. The molecule has 0 spiro atoms. The molecule has 2 rings (SSSR count). The van der Waals surface area contributed by atoms with Gasteiger partial charge in [-0.15, -0.1) is 0 Å². The predicted octanol–water partition coefficient (Wildman–Crippen LogP) is 2.82. The van der Waals surface area contributed by atoms with Crippen molar-refractivity contribution in [3.8, 4) is 0 Å². The molecule has 88 valence electrons. The highest BCUT2D eigenvalue weighted by atomic mass is 19.2. The van der Waals surface area contributed by atoms with Crippen LogP contribution in [0.5, 0.6) is 0 Å². The Balaban J connectivity index is 2.34. The summed E-state index contributed by atoms with van der Waals surface area (Å²) < 4.78 is 39.0. The number of rotatable bonds is 2. The van der Waals surface area contributed by atoms with E-state index < -0.39 is 17.5 Å². The lowest BCUT2D eigenvalue weighted by Crippen LogP contribution is -1.99. The standard InChI is InChI=1S/C11H8F3N3/c12-7-1-2-8(11(14)10(7)13)17-6-3-4-16-9(15)5-6/h1-5H,(H3,15,16,17). The lowest BCUT2D eigenvalue weighted by molar-refractivity contribution is 0.449. The minimum Gasteiger partial charge on any atom is -0.384 e. The molecule has 3 N–H and O–H groups in total. The fourth-order valence-corrected chi connectivity index (χ4v) is 1.30. The van der Waals surface area contributed by atoms with Crippen molar-refractivity contribution in [1.29, 1.82) is 0 Å². The Morgan fingerprint density at radius 2 is 1.82 bits per heavy atom. The summed E-state index contributed by atoms with van der Waals surface area (Å²) in [5, 5.41) is 2.58. The summed E-state index contributed by atoms with van der Waals surface area (Å²) >= 11 is 0. The SMILES string of the molecule is Nc1cc(Nc2ccc(F)c(F)c2F)ccn1. The average molecular weight is 239 g/mol. The monoisotopic (exact) mass is 239 g/mol. The molecule has 0 saturated heterocycles. The maximum Gasteiger partial charge on any atom is 0.196 e. The van der Waals surface area contributed by atoms with Crippen molar-refractivity contribution in [2.75, 3.05) is 11.1 Å². The van der Waals surface area contributed by atoms with E-state index in [-0.39, 0.29) is 11.5 Å². The van der Waals surface area contributed by atoms with E-state index in [9.17, 15) is 13.2 Å². The number of hydrogen-bond donors (Lipinski definition) is 2. The number of nitrogens with two attached hydrogens (primary N) is 1. The molecule has 0 bridgehead atoms. The first-order chi connectivity index (χ1) is 8.08. The predicted molar refractivity (Wildman–Crippen MR) is 58.2 cm³/mol. The van der Waals surface area contributed by atoms with Gasteiger partial charge in [0.1, 0.15) is 5.82 Å². The number of anilines is 3. The lowest BCUT2D eigenvalue weighted by atomic mass is 10.2. The Kier molecular flexibility index (Phi) is 2.86. The molecule has 0 amide bonds. The van der Waals surface area contributed by atoms with Crippen molar-refractivity contribution in [2.24, 2.45) is 0 Å². The van der Waals surface area contributed by atoms with Gasteiger partial charge in [-0.1, -0.05) is 0 Å². The molecule has 3 nitrogen and oxygen atoms in total. The van der Waals surface area contributed by atoms with Gasteiger partial charge in [-0.05, 0) is 18.2 Å². The van der Waals surface area contributed by atoms with E-state index in [2.05, 4.69) is 10.3 Å². The zero-order chi connectivity index (χ0) is 12.4. The Bertz CT molecular complexity index is 558. The van der Waals surface area contributed by atoms with Crippen LogP contribution in [0.15, 0.2) is 30.5 Å². The number of pyridine rings is 1. The van der Waals surface area contributed by atoms with Gasteiger partial charge in [0.2, 0.25) is 0 Å². The molecule has 0 aliphatic rings. The van der Waals surface area contributed by atoms with Gasteiger partial charge in [0.15, 0.2) is 17.5 Å². The van der Waals surface area contributed by atoms with E-state index in [0.29, 0.717) is 5.69 Å². The minimum atomic E-state index is -1.52. The average Bonchev–Trinajstić information content (AvgIpc) is 2.30. The van der Waals surface area contributed by atoms with Crippen LogP contribution in [0.1, 0.15) is 0 Å². The molecule has 0 unspecified atom stereocenters. The molecule has 1 heterocycles. The second-order valence-corrected chi connectivity index (χ2v) is 3.32. The van der Waals surface area contributed by atoms with Crippen LogP contribution in [0.4, 0.5) is 30.4 Å². The highest BCUT2D eigenvalue weighted by Crippen LogP contribution is 2.23. The molecule has 2 aromatic rings. The van der Waals surface area contributed by atoms with E-state index in [1.807, 2.05) is 0 Å². The minimum absolute atomic E-state index is 0.172. The van der Waals surface area contributed by atoms with Gasteiger partial charge in [-0.25, -0.2) is 18.2 Å². The summed E-state index contributed by atoms with van der Waals surface area (Å²) in [5.74, 6) is -3.79. The smallest absolute Gasteiger partial charge is 0.196 e. The lowest BCUT2D eigenvalue weighted by Gasteiger charge is -2.08. The number of aromatic nitrogens is 1. The molecule has 6 heteroatoms. The van der Waals surface area contributed by atoms with Gasteiger partial charge >= 0.3 is 0 Å². The van der Waals surface area contributed by atoms with E-state index in [1.54, 1.807) is 0 Å². The van der Waals surface area contributed by atoms with E-state index in [4.69, 9.17) is 5.73 Å². The second-order valence-electron chi connectivity index (χ2n) is 3.32. The van der Waals surface area contributed by atoms with Gasteiger partial charge in [0, 0.05) is 18.0 Å². The van der Waals surface area contributed by atoms with Gasteiger partial charge in [0.05, 0.1) is 5.69 Å². The van der Waals surface area contributed by atoms with Crippen molar-refractivity contribution in [2.45, 2.75) is 0 Å². The summed E-state index contributed by atoms with van der Waals surface area (Å²) in [7, 11) is 0. The van der Waals surface area contributed by atoms with E-state index in [0.717, 1.165) is 12.1 Å². The van der Waals surface area contributed by atoms with Crippen LogP contribution >= 0.6 is 0 Å². The van der Waals surface area contributed by atoms with Crippen LogP contribution in [0, 0.1) is 17.5 Å². The summed E-state index contributed by atoms with van der Waals surface area (Å²) in [5.41, 5.74) is 5.69. The second kappa shape index (κ2) is 4.32. The van der Waals surface area contributed by atoms with Crippen LogP contribution in [-0.4, -0.2) is 4.98 Å². The first-order valence-electron chi connectivity index (χ1n) is 4.70. The molecule has 0 fully saturated rings. The third-order valence-electron chi connectivity index (χ3n) is 2.10. The Morgan fingerprint density at radius 1 is 1.06 bits per heavy atom. The quantitative estimate of drug-likeness (QED) is 0.792. The van der Waals surface area contributed by atoms with Crippen molar-refractivity contribution in [3.63, 3.8) is 0 Å². The molecular formula is C11H8F3N3. The Labute approximate surface area is 95.1 Å². The fourth-order valence-electron chi connectivity index (χ4n) is 1.30. The normalized spacial score (nSPS) is 10.3. The molecule has 0 radical (unpaired) electrons. The largest absolute Gasteiger partial charge is 0.384 e. The summed E-state index contributed by atoms with van der Waals surface area (Å²) in [4.78, 5) is 3.75. The van der Waals surface area contributed by atoms with Crippen molar-refractivity contribution in [1.82, 2.24) is 4.98 Å². The van der Waals surface area contributed by atoms with Crippen molar-refractivity contribution < 1.29 is 13.2 Å². The zero-order valence-electron chi connectivity index (χ0n) is 8.55. The molecule has 0 atom stereocenters. The van der Waals surface area contributed by atoms with E-state index in [1.165, 1.54) is 18.3 Å². The number of nitrogens with zero attached hydrogens (tertiary/aromatic N) is 1. The number of hydrogen-bond acceptors (Lipinski definition) is 3. The van der Waals surface area contributed by atoms with E-state index >= 15 is 0 Å². The zero-order valence-corrected chi connectivity index (χ0v) is 8.55. The van der Waals surface area contributed by atoms with Gasteiger partial charge < -0.3 is 11.1 Å². The first kappa shape index (κ1) is 11.3. The Hall–Kier alpha value is -2.24. The number of benzene rings is 1. The maximum atomic E-state index is 13.3. The van der Waals surface area contributed by atoms with Crippen molar-refractivity contribution >= 4 is 17.2 Å². The third-order valence-corrected chi connectivity index (χ3v) is 2.10. The molecule has 0 saturated carbocycles. The van der Waals surface area contributed by atoms with Crippen LogP contribution in [0.25, 0.3) is 0 Å². The molecule has 17 heavy (non-hydrogen) atoms. The first-order valence-corrected chi connectivity index (χ1v) is 4.70. The van der Waals surface area contributed by atoms with Crippen molar-refractivity contribution in [3.05, 3.63) is 47.9 Å². The molecular weight excluding hydrogens is 231 g/mol. The molecule has 0 aliphatic heterocycles. The third kappa shape index (κ3) is 2.30. The fraction of sp³-hybridized carbons (Fsp3) is 0. The summed E-state index contributed by atoms with van der Waals surface area (Å²) in [6.45, 7) is 0. The maximum absolute atomic E-state index is 13.3. The topological polar surface area (TPSA) is 50.9 Å². The highest BCUT2D eigenvalue weighted by Gasteiger charge is 2.13. The van der Waals surface area contributed by atoms with Gasteiger partial charge in [0.25, 0.3) is 0 Å². The highest BCUT2D eigenvalue weighted by molar-refractivity contribution is 5.62. The van der Waals surface area contributed by atoms with Crippen LogP contribution < -0.4 is 11.1 Å². The Morgan fingerprint density at radius 3 is 2.53 bits per heavy atom. The number of halogens is 3. The van der Waals surface area contributed by atoms with Crippen LogP contribution in [0.3, 0.4) is 0 Å². The number of nitrogen functional groups attached to an aromatic ring is 1.